The van der Waals surface area contributed by atoms with Gasteiger partial charge in [-0.1, -0.05) is 13.7 Å². The van der Waals surface area contributed by atoms with E-state index in [0.29, 0.717) is 0 Å². The zero-order valence-electron chi connectivity index (χ0n) is 5.77. The molecule has 86 valence electrons. The van der Waals surface area contributed by atoms with Crippen molar-refractivity contribution >= 4 is 24.8 Å². The van der Waals surface area contributed by atoms with Crippen LogP contribution in [0.15, 0.2) is 0 Å². The molecule has 0 heterocycles. The predicted molar refractivity (Wildman–Crippen MR) is 22.8 cm³/mol. The maximum atomic E-state index is 8.48. The Balaban J connectivity index is -0.0000000270. The molecule has 2 radical (unpaired) electrons. The molecule has 0 unspecified atom stereocenters. The molecule has 0 aromatic heterocycles. The van der Waals surface area contributed by atoms with Crippen LogP contribution in [0, 0.1) is 0 Å². The minimum absolute atomic E-state index is 0. The van der Waals surface area contributed by atoms with Gasteiger partial charge in [0, 0.05) is 40.8 Å². The quantitative estimate of drug-likeness (QED) is 0.243. The molecule has 0 aliphatic heterocycles. The van der Waals surface area contributed by atoms with Crippen LogP contribution in [-0.2, 0) is 54.5 Å². The summed E-state index contributed by atoms with van der Waals surface area (Å²) < 4.78 is 25.4. The van der Waals surface area contributed by atoms with Gasteiger partial charge in [0.1, 0.15) is 0 Å². The summed E-state index contributed by atoms with van der Waals surface area (Å²) in [6.07, 6.45) is 0. The van der Waals surface area contributed by atoms with Crippen LogP contribution in [0.1, 0.15) is 0 Å². The first-order valence-electron chi connectivity index (χ1n) is 1.64. The van der Waals surface area contributed by atoms with E-state index in [1.807, 2.05) is 0 Å². The fourth-order valence-electron chi connectivity index (χ4n) is 0. The molecule has 0 amide bonds. The van der Waals surface area contributed by atoms with E-state index in [-0.39, 0.29) is 40.8 Å². The van der Waals surface area contributed by atoms with Crippen LogP contribution < -0.4 is 29.4 Å². The molecule has 0 fully saturated rings. The summed E-state index contributed by atoms with van der Waals surface area (Å²) in [4.78, 5) is 50.9. The van der Waals surface area contributed by atoms with Crippen molar-refractivity contribution in [2.45, 2.75) is 0 Å². The Morgan fingerprint density at radius 1 is 0.500 bits per heavy atom. The Kier molecular flexibility index (Phi) is 50.4. The van der Waals surface area contributed by atoms with E-state index in [1.165, 1.54) is 0 Å². The van der Waals surface area contributed by atoms with Gasteiger partial charge in [0.25, 0.3) is 24.8 Å². The average molecular weight is 609 g/mol. The van der Waals surface area contributed by atoms with Crippen LogP contribution in [0.2, 0.25) is 0 Å². The summed E-state index contributed by atoms with van der Waals surface area (Å²) >= 11 is 0. The first-order valence-corrected chi connectivity index (χ1v) is 4.93. The van der Waals surface area contributed by atoms with Gasteiger partial charge in [0.2, 0.25) is 0 Å². The normalized spacial score (nSPS) is 5.57. The van der Waals surface area contributed by atoms with Gasteiger partial charge in [-0.25, -0.2) is 0 Å². The van der Waals surface area contributed by atoms with Crippen molar-refractivity contribution in [2.75, 3.05) is 0 Å². The molecule has 0 aliphatic rings. The Hall–Kier alpha value is 1.38. The Morgan fingerprint density at radius 2 is 0.500 bits per heavy atom. The minimum Gasteiger partial charge on any atom is -0.598 e. The predicted octanol–water partition coefficient (Wildman–Crippen LogP) is -4.91. The molecule has 0 saturated carbocycles. The SMILES string of the molecule is O=[P+]([O-])[O-].O=[P+]([O-])[O-].O=[P+]([O-])[O-].[Re].[Re]. The van der Waals surface area contributed by atoms with Gasteiger partial charge in [-0.3, -0.25) is 0 Å². The second-order valence-corrected chi connectivity index (χ2v) is 2.01. The van der Waals surface area contributed by atoms with E-state index >= 15 is 0 Å². The molecule has 0 aliphatic carbocycles. The van der Waals surface area contributed by atoms with Gasteiger partial charge in [-0.15, -0.1) is 0 Å². The van der Waals surface area contributed by atoms with Crippen molar-refractivity contribution in [1.29, 1.82) is 0 Å². The standard InChI is InChI=1S/3HO3P.2Re/c3*1-4(2)3;;/h3*(H,1,2,3);;/p-3. The molecule has 0 aromatic carbocycles. The van der Waals surface area contributed by atoms with Gasteiger partial charge in [0.15, 0.2) is 0 Å². The Bertz CT molecular complexity index is 116. The molecule has 9 nitrogen and oxygen atoms in total. The van der Waals surface area contributed by atoms with Gasteiger partial charge < -0.3 is 29.4 Å². The van der Waals surface area contributed by atoms with Crippen LogP contribution in [0.3, 0.4) is 0 Å². The second kappa shape index (κ2) is 23.9. The molecule has 0 saturated heterocycles. The van der Waals surface area contributed by atoms with Gasteiger partial charge >= 0.3 is 0 Å². The van der Waals surface area contributed by atoms with E-state index in [9.17, 15) is 0 Å². The fraction of sp³-hybridized carbons (Fsp3) is 0. The average Bonchev–Trinajstić information content (AvgIpc) is 1.54. The molecule has 0 N–H and O–H groups in total. The van der Waals surface area contributed by atoms with E-state index in [1.54, 1.807) is 0 Å². The third kappa shape index (κ3) is 1070. The second-order valence-electron chi connectivity index (χ2n) is 0.671. The molecular weight excluding hydrogens is 609 g/mol. The number of hydrogen-bond acceptors (Lipinski definition) is 9. The minimum atomic E-state index is -3.37. The molecule has 0 atom stereocenters. The van der Waals surface area contributed by atoms with Gasteiger partial charge in [-0.05, 0) is 0 Å². The molecule has 14 heavy (non-hydrogen) atoms. The summed E-state index contributed by atoms with van der Waals surface area (Å²) in [5, 5.41) is 0. The zero-order valence-corrected chi connectivity index (χ0v) is 13.9. The largest absolute Gasteiger partial charge is 0.598 e. The van der Waals surface area contributed by atoms with Crippen molar-refractivity contribution in [1.82, 2.24) is 0 Å². The molecule has 0 rings (SSSR count). The summed E-state index contributed by atoms with van der Waals surface area (Å²) in [5.41, 5.74) is 0. The van der Waals surface area contributed by atoms with Crippen molar-refractivity contribution in [3.8, 4) is 0 Å². The molecule has 0 spiro atoms. The summed E-state index contributed by atoms with van der Waals surface area (Å²) in [6, 6.07) is 0. The summed E-state index contributed by atoms with van der Waals surface area (Å²) in [6.45, 7) is 0. The van der Waals surface area contributed by atoms with Crippen molar-refractivity contribution in [3.63, 3.8) is 0 Å². The van der Waals surface area contributed by atoms with E-state index in [0.717, 1.165) is 0 Å². The molecule has 14 heteroatoms. The molecular formula is O9P3Re2-3. The van der Waals surface area contributed by atoms with E-state index in [2.05, 4.69) is 0 Å². The smallest absolute Gasteiger partial charge is 0.276 e. The van der Waals surface area contributed by atoms with Crippen LogP contribution in [0.25, 0.3) is 0 Å². The molecule has 0 aromatic rings. The third-order valence-electron chi connectivity index (χ3n) is 0. The maximum Gasteiger partial charge on any atom is 0.276 e. The monoisotopic (exact) mass is 611 g/mol. The van der Waals surface area contributed by atoms with Gasteiger partial charge in [-0.2, -0.15) is 0 Å². The topological polar surface area (TPSA) is 190 Å². The Morgan fingerprint density at radius 3 is 0.500 bits per heavy atom. The van der Waals surface area contributed by atoms with Crippen LogP contribution in [0.4, 0.5) is 0 Å². The molecule has 0 bridgehead atoms. The number of rotatable bonds is 0. The van der Waals surface area contributed by atoms with E-state index < -0.39 is 24.8 Å². The van der Waals surface area contributed by atoms with E-state index in [4.69, 9.17) is 43.1 Å². The summed E-state index contributed by atoms with van der Waals surface area (Å²) in [5.74, 6) is 0. The Labute approximate surface area is 108 Å². The summed E-state index contributed by atoms with van der Waals surface area (Å²) in [7, 11) is -10.1. The first-order chi connectivity index (χ1) is 5.20. The van der Waals surface area contributed by atoms with Crippen LogP contribution in [-0.4, -0.2) is 0 Å². The van der Waals surface area contributed by atoms with Crippen molar-refractivity contribution in [3.05, 3.63) is 0 Å². The maximum absolute atomic E-state index is 8.48. The first kappa shape index (κ1) is 29.5. The number of hydrogen-bond donors (Lipinski definition) is 0. The van der Waals surface area contributed by atoms with Crippen LogP contribution >= 0.6 is 24.8 Å². The van der Waals surface area contributed by atoms with Gasteiger partial charge in [0.05, 0.1) is 0 Å². The zero-order chi connectivity index (χ0) is 10.7. The third-order valence-corrected chi connectivity index (χ3v) is 0. The van der Waals surface area contributed by atoms with Crippen LogP contribution in [0.5, 0.6) is 0 Å². The van der Waals surface area contributed by atoms with Crippen molar-refractivity contribution in [2.24, 2.45) is 0 Å². The van der Waals surface area contributed by atoms with Crippen molar-refractivity contribution < 1.29 is 83.9 Å². The fourth-order valence-corrected chi connectivity index (χ4v) is 0.